The zero-order valence-electron chi connectivity index (χ0n) is 18.2. The maximum Gasteiger partial charge on any atom is 0.408 e. The molecule has 0 spiro atoms. The first-order chi connectivity index (χ1) is 13.3. The van der Waals surface area contributed by atoms with Gasteiger partial charge in [-0.1, -0.05) is 50.6 Å². The molecule has 0 aliphatic heterocycles. The predicted molar refractivity (Wildman–Crippen MR) is 113 cm³/mol. The van der Waals surface area contributed by atoms with Crippen molar-refractivity contribution in [1.29, 1.82) is 0 Å². The zero-order chi connectivity index (χ0) is 21.1. The van der Waals surface area contributed by atoms with Crippen LogP contribution in [0.3, 0.4) is 0 Å². The van der Waals surface area contributed by atoms with Crippen molar-refractivity contribution in [1.82, 2.24) is 15.5 Å². The standard InChI is InChI=1S/C22H37N3O3/c1-7-18(6)20(21(26)23-13-14-25(16(2)3)17(4)5)24-22(27)28-15-19-11-9-8-10-12-19/h8-12,16-18,20H,7,13-15H2,1-6H3,(H,23,26)(H,24,27)/t18-,20-/m0/s1. The fourth-order valence-corrected chi connectivity index (χ4v) is 3.12. The lowest BCUT2D eigenvalue weighted by Crippen LogP contribution is -2.52. The van der Waals surface area contributed by atoms with Crippen molar-refractivity contribution >= 4 is 12.0 Å². The molecule has 0 saturated carbocycles. The summed E-state index contributed by atoms with van der Waals surface area (Å²) in [6.45, 7) is 14.0. The van der Waals surface area contributed by atoms with E-state index in [0.29, 0.717) is 18.6 Å². The number of alkyl carbamates (subject to hydrolysis) is 1. The fraction of sp³-hybridized carbons (Fsp3) is 0.636. The average molecular weight is 392 g/mol. The van der Waals surface area contributed by atoms with Crippen molar-refractivity contribution in [2.45, 2.75) is 72.7 Å². The van der Waals surface area contributed by atoms with Gasteiger partial charge < -0.3 is 15.4 Å². The van der Waals surface area contributed by atoms with Crippen LogP contribution in [0.4, 0.5) is 4.79 Å². The van der Waals surface area contributed by atoms with Crippen molar-refractivity contribution in [3.8, 4) is 0 Å². The Balaban J connectivity index is 2.56. The minimum absolute atomic E-state index is 0.00979. The Morgan fingerprint density at radius 3 is 2.18 bits per heavy atom. The van der Waals surface area contributed by atoms with E-state index in [1.807, 2.05) is 44.2 Å². The first-order valence-corrected chi connectivity index (χ1v) is 10.3. The Hall–Kier alpha value is -2.08. The molecule has 2 atom stereocenters. The van der Waals surface area contributed by atoms with Crippen molar-refractivity contribution in [2.24, 2.45) is 5.92 Å². The number of nitrogens with one attached hydrogen (secondary N) is 2. The van der Waals surface area contributed by atoms with Crippen LogP contribution < -0.4 is 10.6 Å². The van der Waals surface area contributed by atoms with Gasteiger partial charge in [0.15, 0.2) is 0 Å². The Bertz CT molecular complexity index is 582. The second kappa shape index (κ2) is 12.4. The third-order valence-electron chi connectivity index (χ3n) is 4.98. The van der Waals surface area contributed by atoms with E-state index in [-0.39, 0.29) is 18.4 Å². The van der Waals surface area contributed by atoms with Gasteiger partial charge in [-0.05, 0) is 39.2 Å². The van der Waals surface area contributed by atoms with Gasteiger partial charge in [-0.3, -0.25) is 9.69 Å². The largest absolute Gasteiger partial charge is 0.445 e. The van der Waals surface area contributed by atoms with E-state index in [1.165, 1.54) is 0 Å². The van der Waals surface area contributed by atoms with Gasteiger partial charge in [0.1, 0.15) is 12.6 Å². The molecule has 6 nitrogen and oxygen atoms in total. The highest BCUT2D eigenvalue weighted by Gasteiger charge is 2.26. The molecule has 1 aromatic carbocycles. The minimum atomic E-state index is -0.611. The third kappa shape index (κ3) is 8.30. The molecule has 0 aromatic heterocycles. The lowest BCUT2D eigenvalue weighted by molar-refractivity contribution is -0.124. The molecular weight excluding hydrogens is 354 g/mol. The molecule has 0 fully saturated rings. The van der Waals surface area contributed by atoms with E-state index in [0.717, 1.165) is 18.5 Å². The maximum absolute atomic E-state index is 12.7. The van der Waals surface area contributed by atoms with Gasteiger partial charge in [0.05, 0.1) is 0 Å². The molecule has 6 heteroatoms. The SMILES string of the molecule is CC[C@H](C)[C@H](NC(=O)OCc1ccccc1)C(=O)NCCN(C(C)C)C(C)C. The highest BCUT2D eigenvalue weighted by atomic mass is 16.5. The second-order valence-electron chi connectivity index (χ2n) is 7.79. The zero-order valence-corrected chi connectivity index (χ0v) is 18.2. The third-order valence-corrected chi connectivity index (χ3v) is 4.98. The van der Waals surface area contributed by atoms with Gasteiger partial charge in [-0.2, -0.15) is 0 Å². The van der Waals surface area contributed by atoms with E-state index in [4.69, 9.17) is 4.74 Å². The summed E-state index contributed by atoms with van der Waals surface area (Å²) in [5, 5.41) is 5.70. The molecule has 0 heterocycles. The minimum Gasteiger partial charge on any atom is -0.445 e. The van der Waals surface area contributed by atoms with E-state index in [1.54, 1.807) is 0 Å². The highest BCUT2D eigenvalue weighted by molar-refractivity contribution is 5.85. The summed E-state index contributed by atoms with van der Waals surface area (Å²) in [7, 11) is 0. The lowest BCUT2D eigenvalue weighted by Gasteiger charge is -2.31. The molecule has 2 amide bonds. The second-order valence-corrected chi connectivity index (χ2v) is 7.79. The molecule has 158 valence electrons. The molecule has 0 bridgehead atoms. The fourth-order valence-electron chi connectivity index (χ4n) is 3.12. The molecule has 0 aliphatic rings. The number of carbonyl (C=O) groups excluding carboxylic acids is 2. The molecule has 0 saturated heterocycles. The first-order valence-electron chi connectivity index (χ1n) is 10.3. The molecule has 1 rings (SSSR count). The van der Waals surface area contributed by atoms with Gasteiger partial charge in [0.25, 0.3) is 0 Å². The van der Waals surface area contributed by atoms with Gasteiger partial charge in [-0.15, -0.1) is 0 Å². The first kappa shape index (κ1) is 24.0. The Morgan fingerprint density at radius 1 is 1.04 bits per heavy atom. The summed E-state index contributed by atoms with van der Waals surface area (Å²) >= 11 is 0. The summed E-state index contributed by atoms with van der Waals surface area (Å²) < 4.78 is 5.27. The maximum atomic E-state index is 12.7. The summed E-state index contributed by atoms with van der Waals surface area (Å²) in [6, 6.07) is 9.68. The number of amides is 2. The Labute approximate surface area is 170 Å². The predicted octanol–water partition coefficient (Wildman–Crippen LogP) is 3.56. The number of carbonyl (C=O) groups is 2. The molecule has 0 radical (unpaired) electrons. The number of benzene rings is 1. The Kier molecular flexibility index (Phi) is 10.6. The van der Waals surface area contributed by atoms with Crippen LogP contribution >= 0.6 is 0 Å². The smallest absolute Gasteiger partial charge is 0.408 e. The molecular formula is C22H37N3O3. The Morgan fingerprint density at radius 2 is 1.64 bits per heavy atom. The van der Waals surface area contributed by atoms with Crippen molar-refractivity contribution < 1.29 is 14.3 Å². The molecule has 0 unspecified atom stereocenters. The quantitative estimate of drug-likeness (QED) is 0.605. The summed E-state index contributed by atoms with van der Waals surface area (Å²) in [6.07, 6.45) is 0.205. The molecule has 0 aliphatic carbocycles. The normalized spacial score (nSPS) is 13.5. The van der Waals surface area contributed by atoms with E-state index in [2.05, 4.69) is 43.2 Å². The van der Waals surface area contributed by atoms with E-state index >= 15 is 0 Å². The summed E-state index contributed by atoms with van der Waals surface area (Å²) in [5.74, 6) is -0.158. The lowest BCUT2D eigenvalue weighted by atomic mass is 9.98. The number of hydrogen-bond donors (Lipinski definition) is 2. The van der Waals surface area contributed by atoms with Gasteiger partial charge in [0.2, 0.25) is 5.91 Å². The summed E-state index contributed by atoms with van der Waals surface area (Å²) in [5.41, 5.74) is 0.907. The molecule has 2 N–H and O–H groups in total. The van der Waals surface area contributed by atoms with Crippen LogP contribution in [-0.2, 0) is 16.1 Å². The van der Waals surface area contributed by atoms with Gasteiger partial charge in [-0.25, -0.2) is 4.79 Å². The number of hydrogen-bond acceptors (Lipinski definition) is 4. The van der Waals surface area contributed by atoms with Gasteiger partial charge in [0, 0.05) is 25.2 Å². The van der Waals surface area contributed by atoms with E-state index < -0.39 is 12.1 Å². The monoisotopic (exact) mass is 391 g/mol. The van der Waals surface area contributed by atoms with Crippen LogP contribution in [0, 0.1) is 5.92 Å². The number of ether oxygens (including phenoxy) is 1. The van der Waals surface area contributed by atoms with Gasteiger partial charge >= 0.3 is 6.09 Å². The van der Waals surface area contributed by atoms with Crippen molar-refractivity contribution in [3.05, 3.63) is 35.9 Å². The number of rotatable bonds is 11. The van der Waals surface area contributed by atoms with Crippen LogP contribution in [0.2, 0.25) is 0 Å². The topological polar surface area (TPSA) is 70.7 Å². The van der Waals surface area contributed by atoms with Crippen LogP contribution in [0.5, 0.6) is 0 Å². The van der Waals surface area contributed by atoms with Crippen molar-refractivity contribution in [2.75, 3.05) is 13.1 Å². The van der Waals surface area contributed by atoms with Crippen LogP contribution in [0.15, 0.2) is 30.3 Å². The van der Waals surface area contributed by atoms with Crippen LogP contribution in [-0.4, -0.2) is 48.1 Å². The van der Waals surface area contributed by atoms with Crippen molar-refractivity contribution in [3.63, 3.8) is 0 Å². The molecule has 28 heavy (non-hydrogen) atoms. The van der Waals surface area contributed by atoms with E-state index in [9.17, 15) is 9.59 Å². The molecule has 1 aromatic rings. The average Bonchev–Trinajstić information content (AvgIpc) is 2.67. The van der Waals surface area contributed by atoms with Crippen LogP contribution in [0.25, 0.3) is 0 Å². The highest BCUT2D eigenvalue weighted by Crippen LogP contribution is 2.09. The summed E-state index contributed by atoms with van der Waals surface area (Å²) in [4.78, 5) is 27.2. The number of nitrogens with zero attached hydrogens (tertiary/aromatic N) is 1. The van der Waals surface area contributed by atoms with Crippen LogP contribution in [0.1, 0.15) is 53.5 Å².